The lowest BCUT2D eigenvalue weighted by atomic mass is 10.2. The van der Waals surface area contributed by atoms with Gasteiger partial charge in [0.25, 0.3) is 0 Å². The van der Waals surface area contributed by atoms with Gasteiger partial charge in [-0.25, -0.2) is 0 Å². The number of amides is 1. The summed E-state index contributed by atoms with van der Waals surface area (Å²) >= 11 is 4.78. The van der Waals surface area contributed by atoms with Crippen molar-refractivity contribution in [2.24, 2.45) is 0 Å². The van der Waals surface area contributed by atoms with Crippen LogP contribution in [0.1, 0.15) is 17.1 Å². The van der Waals surface area contributed by atoms with Gasteiger partial charge in [0.1, 0.15) is 18.1 Å². The van der Waals surface area contributed by atoms with E-state index in [1.807, 2.05) is 72.2 Å². The molecule has 7 nitrogen and oxygen atoms in total. The lowest BCUT2D eigenvalue weighted by Gasteiger charge is -2.10. The summed E-state index contributed by atoms with van der Waals surface area (Å²) in [5.74, 6) is 2.24. The van der Waals surface area contributed by atoms with Crippen LogP contribution in [-0.4, -0.2) is 26.4 Å². The number of benzene rings is 2. The van der Waals surface area contributed by atoms with E-state index >= 15 is 0 Å². The number of para-hydroxylation sites is 1. The van der Waals surface area contributed by atoms with Crippen LogP contribution in [0.25, 0.3) is 0 Å². The number of ether oxygens (including phenoxy) is 1. The molecule has 0 atom stereocenters. The molecule has 1 N–H and O–H groups in total. The van der Waals surface area contributed by atoms with E-state index in [-0.39, 0.29) is 18.3 Å². The van der Waals surface area contributed by atoms with E-state index in [4.69, 9.17) is 9.15 Å². The Morgan fingerprint density at radius 3 is 2.75 bits per heavy atom. The molecule has 0 aliphatic heterocycles. The standard InChI is InChI=1S/C23H21BrN4O3S/c1-16-12-17(9-10-20(16)24)25-22(29)15-32-23-27-26-21(14-31-18-6-3-2-4-7-18)28(23)13-19-8-5-11-30-19/h2-12H,13-15H2,1H3,(H,25,29). The van der Waals surface area contributed by atoms with Crippen LogP contribution in [0.2, 0.25) is 0 Å². The zero-order chi connectivity index (χ0) is 22.3. The van der Waals surface area contributed by atoms with Gasteiger partial charge in [0, 0.05) is 10.2 Å². The van der Waals surface area contributed by atoms with Crippen molar-refractivity contribution in [3.8, 4) is 5.75 Å². The SMILES string of the molecule is Cc1cc(NC(=O)CSc2nnc(COc3ccccc3)n2Cc2ccco2)ccc1Br. The lowest BCUT2D eigenvalue weighted by Crippen LogP contribution is -2.15. The summed E-state index contributed by atoms with van der Waals surface area (Å²) in [6, 6.07) is 18.9. The summed E-state index contributed by atoms with van der Waals surface area (Å²) in [7, 11) is 0. The predicted octanol–water partition coefficient (Wildman–Crippen LogP) is 5.30. The monoisotopic (exact) mass is 512 g/mol. The number of thioether (sulfide) groups is 1. The molecule has 0 aliphatic rings. The smallest absolute Gasteiger partial charge is 0.234 e. The van der Waals surface area contributed by atoms with Crippen LogP contribution in [0.15, 0.2) is 81.0 Å². The van der Waals surface area contributed by atoms with Gasteiger partial charge in [0.05, 0.1) is 18.6 Å². The zero-order valence-corrected chi connectivity index (χ0v) is 19.7. The van der Waals surface area contributed by atoms with Gasteiger partial charge < -0.3 is 14.5 Å². The van der Waals surface area contributed by atoms with Crippen LogP contribution in [-0.2, 0) is 17.9 Å². The highest BCUT2D eigenvalue weighted by atomic mass is 79.9. The Hall–Kier alpha value is -3.04. The van der Waals surface area contributed by atoms with Crippen LogP contribution in [0.3, 0.4) is 0 Å². The summed E-state index contributed by atoms with van der Waals surface area (Å²) in [4.78, 5) is 12.5. The first kappa shape index (κ1) is 22.2. The zero-order valence-electron chi connectivity index (χ0n) is 17.3. The third-order valence-corrected chi connectivity index (χ3v) is 6.43. The van der Waals surface area contributed by atoms with Gasteiger partial charge in [-0.2, -0.15) is 0 Å². The van der Waals surface area contributed by atoms with E-state index in [1.165, 1.54) is 11.8 Å². The average molecular weight is 513 g/mol. The molecule has 0 spiro atoms. The second-order valence-corrected chi connectivity index (χ2v) is 8.76. The fourth-order valence-corrected chi connectivity index (χ4v) is 3.97. The molecule has 2 heterocycles. The van der Waals surface area contributed by atoms with Gasteiger partial charge >= 0.3 is 0 Å². The number of hydrogen-bond donors (Lipinski definition) is 1. The number of nitrogens with one attached hydrogen (secondary N) is 1. The molecule has 1 amide bonds. The van der Waals surface area contributed by atoms with Crippen LogP contribution >= 0.6 is 27.7 Å². The first-order valence-electron chi connectivity index (χ1n) is 9.89. The van der Waals surface area contributed by atoms with Gasteiger partial charge in [-0.1, -0.05) is 45.9 Å². The Bertz CT molecular complexity index is 1180. The largest absolute Gasteiger partial charge is 0.486 e. The molecular formula is C23H21BrN4O3S. The molecule has 2 aromatic carbocycles. The van der Waals surface area contributed by atoms with Gasteiger partial charge in [0.2, 0.25) is 5.91 Å². The molecule has 4 rings (SSSR count). The number of rotatable bonds is 9. The maximum Gasteiger partial charge on any atom is 0.234 e. The number of anilines is 1. The second kappa shape index (κ2) is 10.5. The number of aromatic nitrogens is 3. The lowest BCUT2D eigenvalue weighted by molar-refractivity contribution is -0.113. The van der Waals surface area contributed by atoms with Gasteiger partial charge in [0.15, 0.2) is 11.0 Å². The molecule has 0 saturated heterocycles. The Kier molecular flexibility index (Phi) is 7.28. The van der Waals surface area contributed by atoms with Crippen molar-refractivity contribution >= 4 is 39.3 Å². The summed E-state index contributed by atoms with van der Waals surface area (Å²) in [5.41, 5.74) is 1.81. The Balaban J connectivity index is 1.44. The predicted molar refractivity (Wildman–Crippen MR) is 127 cm³/mol. The van der Waals surface area contributed by atoms with E-state index in [1.54, 1.807) is 6.26 Å². The topological polar surface area (TPSA) is 82.2 Å². The normalized spacial score (nSPS) is 10.8. The minimum atomic E-state index is -0.119. The molecule has 0 aliphatic carbocycles. The van der Waals surface area contributed by atoms with Gasteiger partial charge in [-0.15, -0.1) is 10.2 Å². The first-order chi connectivity index (χ1) is 15.6. The van der Waals surface area contributed by atoms with E-state index < -0.39 is 0 Å². The maximum atomic E-state index is 12.5. The summed E-state index contributed by atoms with van der Waals surface area (Å²) < 4.78 is 14.2. The van der Waals surface area contributed by atoms with E-state index in [0.29, 0.717) is 17.5 Å². The third kappa shape index (κ3) is 5.80. The Labute approximate surface area is 198 Å². The fraction of sp³-hybridized carbons (Fsp3) is 0.174. The molecule has 4 aromatic rings. The Morgan fingerprint density at radius 2 is 2.00 bits per heavy atom. The van der Waals surface area contributed by atoms with Crippen molar-refractivity contribution in [3.05, 3.63) is 88.5 Å². The van der Waals surface area contributed by atoms with Crippen molar-refractivity contribution < 1.29 is 13.9 Å². The van der Waals surface area contributed by atoms with Crippen LogP contribution in [0.4, 0.5) is 5.69 Å². The van der Waals surface area contributed by atoms with Crippen LogP contribution in [0, 0.1) is 6.92 Å². The number of nitrogens with zero attached hydrogens (tertiary/aromatic N) is 3. The molecule has 0 radical (unpaired) electrons. The summed E-state index contributed by atoms with van der Waals surface area (Å²) in [6.45, 7) is 2.68. The highest BCUT2D eigenvalue weighted by Crippen LogP contribution is 2.23. The number of hydrogen-bond acceptors (Lipinski definition) is 6. The number of carbonyl (C=O) groups excluding carboxylic acids is 1. The Morgan fingerprint density at radius 1 is 1.16 bits per heavy atom. The van der Waals surface area contributed by atoms with E-state index in [2.05, 4.69) is 31.4 Å². The van der Waals surface area contributed by atoms with Crippen molar-refractivity contribution in [3.63, 3.8) is 0 Å². The fourth-order valence-electron chi connectivity index (χ4n) is 2.96. The van der Waals surface area contributed by atoms with Crippen molar-refractivity contribution in [1.82, 2.24) is 14.8 Å². The van der Waals surface area contributed by atoms with Gasteiger partial charge in [-0.3, -0.25) is 9.36 Å². The number of furan rings is 1. The molecule has 32 heavy (non-hydrogen) atoms. The molecule has 0 fully saturated rings. The van der Waals surface area contributed by atoms with Crippen molar-refractivity contribution in [2.45, 2.75) is 25.2 Å². The summed E-state index contributed by atoms with van der Waals surface area (Å²) in [6.07, 6.45) is 1.63. The summed E-state index contributed by atoms with van der Waals surface area (Å²) in [5, 5.41) is 12.1. The third-order valence-electron chi connectivity index (χ3n) is 4.57. The van der Waals surface area contributed by atoms with E-state index in [0.717, 1.165) is 27.2 Å². The molecule has 2 aromatic heterocycles. The molecule has 0 unspecified atom stereocenters. The minimum Gasteiger partial charge on any atom is -0.486 e. The molecular weight excluding hydrogens is 492 g/mol. The van der Waals surface area contributed by atoms with Gasteiger partial charge in [-0.05, 0) is 55.0 Å². The molecule has 164 valence electrons. The van der Waals surface area contributed by atoms with Crippen LogP contribution in [0.5, 0.6) is 5.75 Å². The number of carbonyl (C=O) groups is 1. The molecule has 0 bridgehead atoms. The molecule has 0 saturated carbocycles. The number of halogens is 1. The second-order valence-electron chi connectivity index (χ2n) is 6.97. The average Bonchev–Trinajstić information content (AvgIpc) is 3.45. The maximum absolute atomic E-state index is 12.5. The van der Waals surface area contributed by atoms with Crippen LogP contribution < -0.4 is 10.1 Å². The molecule has 9 heteroatoms. The first-order valence-corrected chi connectivity index (χ1v) is 11.7. The highest BCUT2D eigenvalue weighted by Gasteiger charge is 2.16. The highest BCUT2D eigenvalue weighted by molar-refractivity contribution is 9.10. The van der Waals surface area contributed by atoms with E-state index in [9.17, 15) is 4.79 Å². The van der Waals surface area contributed by atoms with Crippen molar-refractivity contribution in [1.29, 1.82) is 0 Å². The minimum absolute atomic E-state index is 0.119. The quantitative estimate of drug-likeness (QED) is 0.306. The number of aryl methyl sites for hydroxylation is 1. The van der Waals surface area contributed by atoms with Crippen molar-refractivity contribution in [2.75, 3.05) is 11.1 Å².